The van der Waals surface area contributed by atoms with E-state index in [1.54, 1.807) is 0 Å². The van der Waals surface area contributed by atoms with Crippen molar-refractivity contribution in [1.82, 2.24) is 5.32 Å². The number of methoxy groups -OCH3 is 1. The smallest absolute Gasteiger partial charge is 0.254 e. The molecule has 1 aromatic carbocycles. The summed E-state index contributed by atoms with van der Waals surface area (Å²) >= 11 is 5.61. The van der Waals surface area contributed by atoms with E-state index in [-0.39, 0.29) is 23.8 Å². The minimum Gasteiger partial charge on any atom is -0.383 e. The third kappa shape index (κ3) is 4.44. The number of aryl methyl sites for hydroxylation is 1. The third-order valence-electron chi connectivity index (χ3n) is 2.65. The van der Waals surface area contributed by atoms with E-state index in [0.717, 1.165) is 0 Å². The van der Waals surface area contributed by atoms with Crippen molar-refractivity contribution in [3.05, 3.63) is 34.9 Å². The molecule has 0 bridgehead atoms. The maximum atomic E-state index is 13.5. The van der Waals surface area contributed by atoms with Crippen LogP contribution in [0.5, 0.6) is 0 Å². The van der Waals surface area contributed by atoms with Gasteiger partial charge in [-0.05, 0) is 25.0 Å². The Morgan fingerprint density at radius 3 is 2.68 bits per heavy atom. The Labute approximate surface area is 115 Å². The van der Waals surface area contributed by atoms with Crippen LogP contribution in [0.3, 0.4) is 0 Å². The number of ether oxygens (including phenoxy) is 1. The highest BCUT2D eigenvalue weighted by atomic mass is 35.5. The normalized spacial score (nSPS) is 12.3. The molecular weight excluding hydrogens is 276 g/mol. The van der Waals surface area contributed by atoms with Gasteiger partial charge in [0.2, 0.25) is 0 Å². The van der Waals surface area contributed by atoms with E-state index in [2.05, 4.69) is 5.32 Å². The van der Waals surface area contributed by atoms with Crippen LogP contribution in [0.25, 0.3) is 0 Å². The standard InChI is InChI=1S/C13H16ClF2NO2/c1-8-5-10(12(16)6-11(8)15)13(18)17-9(3-4-14)7-19-2/h5-6,9H,3-4,7H2,1-2H3,(H,17,18). The minimum atomic E-state index is -0.886. The van der Waals surface area contributed by atoms with Crippen LogP contribution < -0.4 is 5.32 Å². The van der Waals surface area contributed by atoms with Gasteiger partial charge in [0.25, 0.3) is 5.91 Å². The van der Waals surface area contributed by atoms with Crippen LogP contribution in [0.4, 0.5) is 8.78 Å². The zero-order valence-corrected chi connectivity index (χ0v) is 11.6. The Balaban J connectivity index is 2.84. The maximum Gasteiger partial charge on any atom is 0.254 e. The summed E-state index contributed by atoms with van der Waals surface area (Å²) in [6.07, 6.45) is 0.503. The van der Waals surface area contributed by atoms with Crippen molar-refractivity contribution in [1.29, 1.82) is 0 Å². The summed E-state index contributed by atoms with van der Waals surface area (Å²) in [6.45, 7) is 1.75. The Morgan fingerprint density at radius 1 is 1.42 bits per heavy atom. The molecule has 1 amide bonds. The first-order valence-corrected chi connectivity index (χ1v) is 6.34. The van der Waals surface area contributed by atoms with Gasteiger partial charge < -0.3 is 10.1 Å². The van der Waals surface area contributed by atoms with E-state index in [0.29, 0.717) is 18.4 Å². The van der Waals surface area contributed by atoms with Crippen LogP contribution in [0, 0.1) is 18.6 Å². The molecule has 0 spiro atoms. The largest absolute Gasteiger partial charge is 0.383 e. The van der Waals surface area contributed by atoms with Gasteiger partial charge >= 0.3 is 0 Å². The zero-order valence-electron chi connectivity index (χ0n) is 10.8. The van der Waals surface area contributed by atoms with Crippen molar-refractivity contribution in [3.8, 4) is 0 Å². The number of alkyl halides is 1. The van der Waals surface area contributed by atoms with Crippen molar-refractivity contribution in [2.75, 3.05) is 19.6 Å². The Hall–Kier alpha value is -1.20. The molecule has 0 saturated heterocycles. The van der Waals surface area contributed by atoms with Crippen molar-refractivity contribution >= 4 is 17.5 Å². The van der Waals surface area contributed by atoms with E-state index in [1.807, 2.05) is 0 Å². The van der Waals surface area contributed by atoms with E-state index >= 15 is 0 Å². The first kappa shape index (κ1) is 15.9. The summed E-state index contributed by atoms with van der Waals surface area (Å²) in [4.78, 5) is 11.9. The van der Waals surface area contributed by atoms with Crippen LogP contribution in [-0.4, -0.2) is 31.5 Å². The summed E-state index contributed by atoms with van der Waals surface area (Å²) in [5.41, 5.74) is 0.0294. The average molecular weight is 292 g/mol. The van der Waals surface area contributed by atoms with E-state index in [1.165, 1.54) is 20.1 Å². The van der Waals surface area contributed by atoms with Crippen molar-refractivity contribution < 1.29 is 18.3 Å². The Morgan fingerprint density at radius 2 is 2.11 bits per heavy atom. The highest BCUT2D eigenvalue weighted by Gasteiger charge is 2.18. The lowest BCUT2D eigenvalue weighted by molar-refractivity contribution is 0.0891. The van der Waals surface area contributed by atoms with Gasteiger partial charge in [0.15, 0.2) is 0 Å². The lowest BCUT2D eigenvalue weighted by Crippen LogP contribution is -2.38. The molecule has 19 heavy (non-hydrogen) atoms. The molecule has 0 heterocycles. The van der Waals surface area contributed by atoms with Gasteiger partial charge in [-0.25, -0.2) is 8.78 Å². The van der Waals surface area contributed by atoms with Gasteiger partial charge in [-0.2, -0.15) is 0 Å². The number of rotatable bonds is 6. The molecule has 1 unspecified atom stereocenters. The number of benzene rings is 1. The molecule has 0 aromatic heterocycles. The number of hydrogen-bond donors (Lipinski definition) is 1. The molecule has 0 aliphatic rings. The molecule has 106 valence electrons. The Kier molecular flexibility index (Phi) is 6.18. The van der Waals surface area contributed by atoms with Crippen LogP contribution in [-0.2, 0) is 4.74 Å². The average Bonchev–Trinajstić information content (AvgIpc) is 2.34. The predicted molar refractivity (Wildman–Crippen MR) is 69.6 cm³/mol. The monoisotopic (exact) mass is 291 g/mol. The second-order valence-corrected chi connectivity index (χ2v) is 4.56. The SMILES string of the molecule is COCC(CCCl)NC(=O)c1cc(C)c(F)cc1F. The molecule has 0 aliphatic heterocycles. The van der Waals surface area contributed by atoms with Gasteiger partial charge in [-0.1, -0.05) is 0 Å². The molecule has 1 rings (SSSR count). The highest BCUT2D eigenvalue weighted by Crippen LogP contribution is 2.14. The number of carbonyl (C=O) groups excluding carboxylic acids is 1. The van der Waals surface area contributed by atoms with E-state index < -0.39 is 17.5 Å². The predicted octanol–water partition coefficient (Wildman–Crippen LogP) is 2.65. The number of hydrogen-bond acceptors (Lipinski definition) is 2. The summed E-state index contributed by atoms with van der Waals surface area (Å²) in [5, 5.41) is 2.61. The van der Waals surface area contributed by atoms with Crippen molar-refractivity contribution in [2.45, 2.75) is 19.4 Å². The van der Waals surface area contributed by atoms with Crippen molar-refractivity contribution in [2.24, 2.45) is 0 Å². The molecule has 0 radical (unpaired) electrons. The summed E-state index contributed by atoms with van der Waals surface area (Å²) in [6, 6.07) is 1.58. The molecule has 0 saturated carbocycles. The molecule has 1 atom stereocenters. The number of amides is 1. The topological polar surface area (TPSA) is 38.3 Å². The van der Waals surface area contributed by atoms with Gasteiger partial charge in [-0.3, -0.25) is 4.79 Å². The first-order chi connectivity index (χ1) is 8.99. The fraction of sp³-hybridized carbons (Fsp3) is 0.462. The first-order valence-electron chi connectivity index (χ1n) is 5.81. The van der Waals surface area contributed by atoms with Crippen LogP contribution in [0.2, 0.25) is 0 Å². The van der Waals surface area contributed by atoms with Gasteiger partial charge in [0.05, 0.1) is 18.2 Å². The van der Waals surface area contributed by atoms with Crippen LogP contribution in [0.1, 0.15) is 22.3 Å². The molecule has 1 aromatic rings. The second kappa shape index (κ2) is 7.40. The third-order valence-corrected chi connectivity index (χ3v) is 2.87. The molecule has 3 nitrogen and oxygen atoms in total. The van der Waals surface area contributed by atoms with E-state index in [4.69, 9.17) is 16.3 Å². The lowest BCUT2D eigenvalue weighted by atomic mass is 10.1. The molecule has 0 aliphatic carbocycles. The number of nitrogens with one attached hydrogen (secondary N) is 1. The fourth-order valence-corrected chi connectivity index (χ4v) is 1.89. The number of carbonyl (C=O) groups is 1. The molecule has 1 N–H and O–H groups in total. The van der Waals surface area contributed by atoms with Crippen LogP contribution >= 0.6 is 11.6 Å². The zero-order chi connectivity index (χ0) is 14.4. The molecular formula is C13H16ClF2NO2. The second-order valence-electron chi connectivity index (χ2n) is 4.18. The minimum absolute atomic E-state index is 0.186. The molecule has 6 heteroatoms. The van der Waals surface area contributed by atoms with Crippen LogP contribution in [0.15, 0.2) is 12.1 Å². The summed E-state index contributed by atoms with van der Waals surface area (Å²) in [7, 11) is 1.50. The summed E-state index contributed by atoms with van der Waals surface area (Å²) < 4.78 is 31.6. The Bertz CT molecular complexity index is 449. The fourth-order valence-electron chi connectivity index (χ4n) is 1.62. The van der Waals surface area contributed by atoms with Gasteiger partial charge in [0.1, 0.15) is 11.6 Å². The maximum absolute atomic E-state index is 13.5. The van der Waals surface area contributed by atoms with Gasteiger partial charge in [0, 0.05) is 19.1 Å². The van der Waals surface area contributed by atoms with Gasteiger partial charge in [-0.15, -0.1) is 11.6 Å². The lowest BCUT2D eigenvalue weighted by Gasteiger charge is -2.17. The highest BCUT2D eigenvalue weighted by molar-refractivity contribution is 6.17. The summed E-state index contributed by atoms with van der Waals surface area (Å²) in [5.74, 6) is -1.82. The number of halogens is 3. The van der Waals surface area contributed by atoms with E-state index in [9.17, 15) is 13.6 Å². The quantitative estimate of drug-likeness (QED) is 0.818. The molecule has 0 fully saturated rings. The van der Waals surface area contributed by atoms with Crippen molar-refractivity contribution in [3.63, 3.8) is 0 Å².